The van der Waals surface area contributed by atoms with Crippen LogP contribution >= 0.6 is 15.9 Å². The van der Waals surface area contributed by atoms with Crippen LogP contribution in [0.25, 0.3) is 0 Å². The lowest BCUT2D eigenvalue weighted by Crippen LogP contribution is -2.08. The first-order valence-electron chi connectivity index (χ1n) is 6.40. The van der Waals surface area contributed by atoms with Gasteiger partial charge in [-0.25, -0.2) is 0 Å². The summed E-state index contributed by atoms with van der Waals surface area (Å²) in [5, 5.41) is 0. The summed E-state index contributed by atoms with van der Waals surface area (Å²) in [6.07, 6.45) is 3.22. The smallest absolute Gasteiger partial charge is 0.195 e. The van der Waals surface area contributed by atoms with Gasteiger partial charge in [-0.15, -0.1) is 0 Å². The number of nitrogens with zero attached hydrogens (tertiary/aromatic N) is 1. The predicted octanol–water partition coefficient (Wildman–Crippen LogP) is 4.17. The fraction of sp³-hybridized carbons (Fsp3) is 0.250. The van der Waals surface area contributed by atoms with E-state index in [1.807, 2.05) is 39.0 Å². The summed E-state index contributed by atoms with van der Waals surface area (Å²) in [5.41, 5.74) is 2.25. The average Bonchev–Trinajstić information content (AvgIpc) is 2.37. The van der Waals surface area contributed by atoms with Gasteiger partial charge in [-0.2, -0.15) is 0 Å². The third-order valence-corrected chi connectivity index (χ3v) is 3.37. The number of hydrogen-bond acceptors (Lipinski definition) is 3. The van der Waals surface area contributed by atoms with E-state index in [9.17, 15) is 4.79 Å². The second-order valence-corrected chi connectivity index (χ2v) is 5.74. The van der Waals surface area contributed by atoms with Crippen LogP contribution in [-0.4, -0.2) is 16.9 Å². The number of rotatable bonds is 4. The predicted molar refractivity (Wildman–Crippen MR) is 82.3 cm³/mol. The quantitative estimate of drug-likeness (QED) is 0.788. The molecule has 0 saturated carbocycles. The molecular formula is C16H16BrNO2. The maximum atomic E-state index is 12.5. The molecule has 2 aromatic rings. The molecule has 0 aliphatic rings. The lowest BCUT2D eigenvalue weighted by Gasteiger charge is -2.10. The summed E-state index contributed by atoms with van der Waals surface area (Å²) in [6, 6.07) is 7.38. The second-order valence-electron chi connectivity index (χ2n) is 4.89. The zero-order valence-electron chi connectivity index (χ0n) is 11.7. The summed E-state index contributed by atoms with van der Waals surface area (Å²) in [6.45, 7) is 5.85. The van der Waals surface area contributed by atoms with E-state index in [-0.39, 0.29) is 11.9 Å². The largest absolute Gasteiger partial charge is 0.489 e. The molecule has 3 nitrogen and oxygen atoms in total. The van der Waals surface area contributed by atoms with E-state index in [0.29, 0.717) is 16.9 Å². The number of aromatic nitrogens is 1. The number of halogens is 1. The van der Waals surface area contributed by atoms with Gasteiger partial charge in [0.15, 0.2) is 5.78 Å². The zero-order valence-corrected chi connectivity index (χ0v) is 13.3. The number of ketones is 1. The third kappa shape index (κ3) is 3.45. The Balaban J connectivity index is 2.33. The van der Waals surface area contributed by atoms with E-state index in [1.54, 1.807) is 18.5 Å². The van der Waals surface area contributed by atoms with Gasteiger partial charge in [0, 0.05) is 21.8 Å². The van der Waals surface area contributed by atoms with E-state index in [1.165, 1.54) is 0 Å². The van der Waals surface area contributed by atoms with Crippen LogP contribution in [0.4, 0.5) is 0 Å². The summed E-state index contributed by atoms with van der Waals surface area (Å²) >= 11 is 3.43. The van der Waals surface area contributed by atoms with Gasteiger partial charge < -0.3 is 4.74 Å². The maximum Gasteiger partial charge on any atom is 0.195 e. The molecule has 1 heterocycles. The van der Waals surface area contributed by atoms with Gasteiger partial charge in [0.1, 0.15) is 5.75 Å². The molecule has 4 heteroatoms. The summed E-state index contributed by atoms with van der Waals surface area (Å²) < 4.78 is 6.35. The number of pyridine rings is 1. The van der Waals surface area contributed by atoms with Crippen LogP contribution in [0, 0.1) is 6.92 Å². The molecule has 0 bridgehead atoms. The van der Waals surface area contributed by atoms with Gasteiger partial charge in [-0.05, 0) is 44.5 Å². The summed E-state index contributed by atoms with van der Waals surface area (Å²) in [4.78, 5) is 16.6. The van der Waals surface area contributed by atoms with Gasteiger partial charge in [-0.3, -0.25) is 9.78 Å². The number of aryl methyl sites for hydroxylation is 1. The first kappa shape index (κ1) is 14.7. The van der Waals surface area contributed by atoms with Crippen LogP contribution in [0.2, 0.25) is 0 Å². The molecule has 0 atom stereocenters. The van der Waals surface area contributed by atoms with Crippen LogP contribution in [0.1, 0.15) is 35.3 Å². The normalized spacial score (nSPS) is 10.7. The summed E-state index contributed by atoms with van der Waals surface area (Å²) in [5.74, 6) is 0.535. The van der Waals surface area contributed by atoms with Gasteiger partial charge in [0.2, 0.25) is 0 Å². The van der Waals surface area contributed by atoms with Crippen molar-refractivity contribution in [3.05, 3.63) is 57.8 Å². The molecule has 0 saturated heterocycles. The van der Waals surface area contributed by atoms with E-state index in [2.05, 4.69) is 20.9 Å². The lowest BCUT2D eigenvalue weighted by molar-refractivity contribution is 0.103. The molecule has 0 radical (unpaired) electrons. The highest BCUT2D eigenvalue weighted by Crippen LogP contribution is 2.23. The Morgan fingerprint density at radius 1 is 1.25 bits per heavy atom. The zero-order chi connectivity index (χ0) is 14.7. The van der Waals surface area contributed by atoms with Gasteiger partial charge in [0.25, 0.3) is 0 Å². The summed E-state index contributed by atoms with van der Waals surface area (Å²) in [7, 11) is 0. The monoisotopic (exact) mass is 333 g/mol. The molecule has 0 spiro atoms. The van der Waals surface area contributed by atoms with Crippen molar-refractivity contribution in [2.24, 2.45) is 0 Å². The molecule has 1 aromatic heterocycles. The van der Waals surface area contributed by atoms with Crippen molar-refractivity contribution in [1.82, 2.24) is 4.98 Å². The Morgan fingerprint density at radius 2 is 2.00 bits per heavy atom. The fourth-order valence-corrected chi connectivity index (χ4v) is 2.51. The van der Waals surface area contributed by atoms with Crippen molar-refractivity contribution in [3.8, 4) is 5.75 Å². The molecule has 0 N–H and O–H groups in total. The minimum absolute atomic E-state index is 0.0493. The van der Waals surface area contributed by atoms with E-state index < -0.39 is 0 Å². The highest BCUT2D eigenvalue weighted by Gasteiger charge is 2.14. The first-order chi connectivity index (χ1) is 9.47. The Hall–Kier alpha value is -1.68. The minimum atomic E-state index is -0.0708. The third-order valence-electron chi connectivity index (χ3n) is 2.72. The van der Waals surface area contributed by atoms with Crippen molar-refractivity contribution < 1.29 is 9.53 Å². The Labute approximate surface area is 127 Å². The van der Waals surface area contributed by atoms with Crippen molar-refractivity contribution in [2.45, 2.75) is 26.9 Å². The molecule has 0 fully saturated rings. The molecule has 2 rings (SSSR count). The number of benzene rings is 1. The molecule has 0 unspecified atom stereocenters. The SMILES string of the molecule is Cc1ccc(C(=O)c2cncc(OC(C)C)c2)c(Br)c1. The van der Waals surface area contributed by atoms with Gasteiger partial charge in [-0.1, -0.05) is 22.0 Å². The lowest BCUT2D eigenvalue weighted by atomic mass is 10.0. The molecule has 1 aromatic carbocycles. The van der Waals surface area contributed by atoms with Crippen molar-refractivity contribution in [1.29, 1.82) is 0 Å². The van der Waals surface area contributed by atoms with Crippen LogP contribution in [0.15, 0.2) is 41.1 Å². The van der Waals surface area contributed by atoms with Crippen LogP contribution < -0.4 is 4.74 Å². The highest BCUT2D eigenvalue weighted by atomic mass is 79.9. The molecule has 20 heavy (non-hydrogen) atoms. The fourth-order valence-electron chi connectivity index (χ4n) is 1.84. The van der Waals surface area contributed by atoms with E-state index >= 15 is 0 Å². The van der Waals surface area contributed by atoms with Crippen molar-refractivity contribution in [2.75, 3.05) is 0 Å². The van der Waals surface area contributed by atoms with Crippen molar-refractivity contribution >= 4 is 21.7 Å². The number of hydrogen-bond donors (Lipinski definition) is 0. The minimum Gasteiger partial charge on any atom is -0.489 e. The van der Waals surface area contributed by atoms with Crippen molar-refractivity contribution in [3.63, 3.8) is 0 Å². The first-order valence-corrected chi connectivity index (χ1v) is 7.19. The topological polar surface area (TPSA) is 39.2 Å². The molecule has 0 aliphatic heterocycles. The van der Waals surface area contributed by atoms with Crippen LogP contribution in [0.3, 0.4) is 0 Å². The van der Waals surface area contributed by atoms with E-state index in [0.717, 1.165) is 10.0 Å². The maximum absolute atomic E-state index is 12.5. The number of ether oxygens (including phenoxy) is 1. The molecule has 0 aliphatic carbocycles. The second kappa shape index (κ2) is 6.18. The molecule has 0 amide bonds. The van der Waals surface area contributed by atoms with Crippen LogP contribution in [0.5, 0.6) is 5.75 Å². The molecular weight excluding hydrogens is 318 g/mol. The Morgan fingerprint density at radius 3 is 2.65 bits per heavy atom. The number of carbonyl (C=O) groups excluding carboxylic acids is 1. The van der Waals surface area contributed by atoms with E-state index in [4.69, 9.17) is 4.74 Å². The molecule has 104 valence electrons. The average molecular weight is 334 g/mol. The standard InChI is InChI=1S/C16H16BrNO2/c1-10(2)20-13-7-12(8-18-9-13)16(19)14-5-4-11(3)6-15(14)17/h4-10H,1-3H3. The highest BCUT2D eigenvalue weighted by molar-refractivity contribution is 9.10. The van der Waals surface area contributed by atoms with Gasteiger partial charge in [0.05, 0.1) is 12.3 Å². The van der Waals surface area contributed by atoms with Gasteiger partial charge >= 0.3 is 0 Å². The Kier molecular flexibility index (Phi) is 4.55. The number of carbonyl (C=O) groups is 1. The Bertz CT molecular complexity index is 638. The van der Waals surface area contributed by atoms with Crippen LogP contribution in [-0.2, 0) is 0 Å².